The van der Waals surface area contributed by atoms with Crippen molar-refractivity contribution in [3.8, 4) is 5.75 Å². The van der Waals surface area contributed by atoms with Crippen LogP contribution in [0.2, 0.25) is 0 Å². The third-order valence-electron chi connectivity index (χ3n) is 3.07. The summed E-state index contributed by atoms with van der Waals surface area (Å²) in [6, 6.07) is 8.62. The summed E-state index contributed by atoms with van der Waals surface area (Å²) in [5.41, 5.74) is 1.76. The molecule has 24 heavy (non-hydrogen) atoms. The third-order valence-corrected chi connectivity index (χ3v) is 3.81. The molecule has 0 radical (unpaired) electrons. The van der Waals surface area contributed by atoms with Gasteiger partial charge in [-0.25, -0.2) is 0 Å². The minimum absolute atomic E-state index is 0.204. The summed E-state index contributed by atoms with van der Waals surface area (Å²) in [6.07, 6.45) is -4.36. The van der Waals surface area contributed by atoms with Gasteiger partial charge in [-0.1, -0.05) is 18.2 Å². The SMILES string of the molecule is CN=C(NCc1ccsc1)NCc1ccccc1OCC(F)(F)F. The Kier molecular flexibility index (Phi) is 6.48. The van der Waals surface area contributed by atoms with Gasteiger partial charge in [0.05, 0.1) is 0 Å². The summed E-state index contributed by atoms with van der Waals surface area (Å²) in [5, 5.41) is 10.2. The molecular formula is C16H18F3N3OS. The molecule has 1 aromatic carbocycles. The number of nitrogens with zero attached hydrogens (tertiary/aromatic N) is 1. The van der Waals surface area contributed by atoms with Crippen molar-refractivity contribution in [1.29, 1.82) is 0 Å². The number of halogens is 3. The molecule has 0 saturated heterocycles. The highest BCUT2D eigenvalue weighted by molar-refractivity contribution is 7.07. The van der Waals surface area contributed by atoms with E-state index < -0.39 is 12.8 Å². The highest BCUT2D eigenvalue weighted by atomic mass is 32.1. The van der Waals surface area contributed by atoms with E-state index >= 15 is 0 Å². The number of alkyl halides is 3. The lowest BCUT2D eigenvalue weighted by atomic mass is 10.2. The molecule has 0 aliphatic rings. The molecular weight excluding hydrogens is 339 g/mol. The molecule has 8 heteroatoms. The summed E-state index contributed by atoms with van der Waals surface area (Å²) in [7, 11) is 1.63. The maximum atomic E-state index is 12.3. The van der Waals surface area contributed by atoms with Crippen LogP contribution in [-0.4, -0.2) is 25.8 Å². The van der Waals surface area contributed by atoms with E-state index in [-0.39, 0.29) is 5.75 Å². The van der Waals surface area contributed by atoms with E-state index in [2.05, 4.69) is 15.6 Å². The maximum absolute atomic E-state index is 12.3. The number of thiophene rings is 1. The third kappa shape index (κ3) is 6.11. The Balaban J connectivity index is 1.90. The van der Waals surface area contributed by atoms with Crippen LogP contribution < -0.4 is 15.4 Å². The Hall–Kier alpha value is -2.22. The summed E-state index contributed by atoms with van der Waals surface area (Å²) in [4.78, 5) is 4.09. The van der Waals surface area contributed by atoms with Gasteiger partial charge in [0.25, 0.3) is 0 Å². The number of guanidine groups is 1. The van der Waals surface area contributed by atoms with Gasteiger partial charge in [-0.15, -0.1) is 0 Å². The van der Waals surface area contributed by atoms with Crippen molar-refractivity contribution in [3.63, 3.8) is 0 Å². The van der Waals surface area contributed by atoms with Crippen LogP contribution in [0.3, 0.4) is 0 Å². The topological polar surface area (TPSA) is 45.7 Å². The average molecular weight is 357 g/mol. The first-order chi connectivity index (χ1) is 11.5. The van der Waals surface area contributed by atoms with Gasteiger partial charge in [0.2, 0.25) is 0 Å². The average Bonchev–Trinajstić information content (AvgIpc) is 3.06. The van der Waals surface area contributed by atoms with Gasteiger partial charge in [-0.05, 0) is 28.5 Å². The van der Waals surface area contributed by atoms with Crippen LogP contribution >= 0.6 is 11.3 Å². The fourth-order valence-corrected chi connectivity index (χ4v) is 2.60. The molecule has 0 aliphatic carbocycles. The number of hydrogen-bond donors (Lipinski definition) is 2. The summed E-state index contributed by atoms with van der Waals surface area (Å²) < 4.78 is 41.8. The molecule has 1 heterocycles. The van der Waals surface area contributed by atoms with Crippen molar-refractivity contribution < 1.29 is 17.9 Å². The second kappa shape index (κ2) is 8.58. The number of hydrogen-bond acceptors (Lipinski definition) is 3. The minimum atomic E-state index is -4.36. The van der Waals surface area contributed by atoms with E-state index in [0.29, 0.717) is 24.6 Å². The van der Waals surface area contributed by atoms with Crippen LogP contribution in [0.5, 0.6) is 5.75 Å². The molecule has 2 aromatic rings. The molecule has 0 amide bonds. The smallest absolute Gasteiger partial charge is 0.422 e. The van der Waals surface area contributed by atoms with Crippen LogP contribution in [-0.2, 0) is 13.1 Å². The molecule has 1 aromatic heterocycles. The highest BCUT2D eigenvalue weighted by Crippen LogP contribution is 2.22. The van der Waals surface area contributed by atoms with Gasteiger partial charge >= 0.3 is 6.18 Å². The molecule has 0 fully saturated rings. The Morgan fingerprint density at radius 2 is 1.92 bits per heavy atom. The Labute approximate surface area is 142 Å². The Morgan fingerprint density at radius 3 is 2.58 bits per heavy atom. The van der Waals surface area contributed by atoms with E-state index in [9.17, 15) is 13.2 Å². The zero-order valence-corrected chi connectivity index (χ0v) is 13.9. The predicted molar refractivity (Wildman–Crippen MR) is 89.3 cm³/mol. The first-order valence-corrected chi connectivity index (χ1v) is 8.15. The number of aliphatic imine (C=N–C) groups is 1. The molecule has 0 saturated carbocycles. The van der Waals surface area contributed by atoms with Gasteiger partial charge < -0.3 is 15.4 Å². The van der Waals surface area contributed by atoms with E-state index in [4.69, 9.17) is 4.74 Å². The Morgan fingerprint density at radius 1 is 1.17 bits per heavy atom. The lowest BCUT2D eigenvalue weighted by Gasteiger charge is -2.15. The van der Waals surface area contributed by atoms with Crippen molar-refractivity contribution >= 4 is 17.3 Å². The highest BCUT2D eigenvalue weighted by Gasteiger charge is 2.28. The van der Waals surface area contributed by atoms with E-state index in [1.165, 1.54) is 6.07 Å². The van der Waals surface area contributed by atoms with Gasteiger partial charge in [-0.3, -0.25) is 4.99 Å². The quantitative estimate of drug-likeness (QED) is 0.614. The van der Waals surface area contributed by atoms with E-state index in [0.717, 1.165) is 5.56 Å². The first kappa shape index (κ1) is 18.1. The van der Waals surface area contributed by atoms with E-state index in [1.54, 1.807) is 36.6 Å². The fraction of sp³-hybridized carbons (Fsp3) is 0.312. The second-order valence-electron chi connectivity index (χ2n) is 4.92. The predicted octanol–water partition coefficient (Wildman–Crippen LogP) is 3.55. The second-order valence-corrected chi connectivity index (χ2v) is 5.70. The van der Waals surface area contributed by atoms with E-state index in [1.807, 2.05) is 16.8 Å². The van der Waals surface area contributed by atoms with Crippen molar-refractivity contribution in [3.05, 3.63) is 52.2 Å². The number of ether oxygens (including phenoxy) is 1. The number of nitrogens with one attached hydrogen (secondary N) is 2. The van der Waals surface area contributed by atoms with Gasteiger partial charge in [0.1, 0.15) is 5.75 Å². The molecule has 4 nitrogen and oxygen atoms in total. The maximum Gasteiger partial charge on any atom is 0.422 e. The van der Waals surface area contributed by atoms with Crippen molar-refractivity contribution in [2.24, 2.45) is 4.99 Å². The van der Waals surface area contributed by atoms with Gasteiger partial charge in [-0.2, -0.15) is 24.5 Å². The van der Waals surface area contributed by atoms with Crippen LogP contribution in [0.15, 0.2) is 46.1 Å². The Bertz CT molecular complexity index is 657. The summed E-state index contributed by atoms with van der Waals surface area (Å²) in [6.45, 7) is -0.387. The largest absolute Gasteiger partial charge is 0.484 e. The van der Waals surface area contributed by atoms with Crippen molar-refractivity contribution in [2.45, 2.75) is 19.3 Å². The van der Waals surface area contributed by atoms with Crippen LogP contribution in [0, 0.1) is 0 Å². The standard InChI is InChI=1S/C16H18F3N3OS/c1-20-15(21-8-12-6-7-24-10-12)22-9-13-4-2-3-5-14(13)23-11-16(17,18)19/h2-7,10H,8-9,11H2,1H3,(H2,20,21,22). The molecule has 0 unspecified atom stereocenters. The zero-order chi connectivity index (χ0) is 17.4. The van der Waals surface area contributed by atoms with Crippen LogP contribution in [0.25, 0.3) is 0 Å². The number of rotatable bonds is 6. The summed E-state index contributed by atoms with van der Waals surface area (Å²) in [5.74, 6) is 0.766. The van der Waals surface area contributed by atoms with Gasteiger partial charge in [0, 0.05) is 25.7 Å². The van der Waals surface area contributed by atoms with Crippen LogP contribution in [0.4, 0.5) is 13.2 Å². The minimum Gasteiger partial charge on any atom is -0.484 e. The molecule has 130 valence electrons. The normalized spacial score (nSPS) is 12.1. The first-order valence-electron chi connectivity index (χ1n) is 7.21. The molecule has 0 atom stereocenters. The number of para-hydroxylation sites is 1. The molecule has 0 aliphatic heterocycles. The van der Waals surface area contributed by atoms with Crippen LogP contribution in [0.1, 0.15) is 11.1 Å². The lowest BCUT2D eigenvalue weighted by Crippen LogP contribution is -2.36. The molecule has 2 rings (SSSR count). The molecule has 0 spiro atoms. The lowest BCUT2D eigenvalue weighted by molar-refractivity contribution is -0.153. The monoisotopic (exact) mass is 357 g/mol. The molecule has 2 N–H and O–H groups in total. The number of benzene rings is 1. The molecule has 0 bridgehead atoms. The fourth-order valence-electron chi connectivity index (χ4n) is 1.93. The van der Waals surface area contributed by atoms with Crippen molar-refractivity contribution in [2.75, 3.05) is 13.7 Å². The van der Waals surface area contributed by atoms with Gasteiger partial charge in [0.15, 0.2) is 12.6 Å². The summed E-state index contributed by atoms with van der Waals surface area (Å²) >= 11 is 1.61. The zero-order valence-electron chi connectivity index (χ0n) is 13.1. The van der Waals surface area contributed by atoms with Crippen molar-refractivity contribution in [1.82, 2.24) is 10.6 Å².